The molecule has 0 N–H and O–H groups in total. The third-order valence-electron chi connectivity index (χ3n) is 6.78. The molecule has 4 nitrogen and oxygen atoms in total. The van der Waals surface area contributed by atoms with Gasteiger partial charge >= 0.3 is 12.2 Å². The number of rotatable bonds is 14. The summed E-state index contributed by atoms with van der Waals surface area (Å²) >= 11 is 0. The fourth-order valence-electron chi connectivity index (χ4n) is 4.30. The Morgan fingerprint density at radius 1 is 0.440 bits per heavy atom. The molecule has 0 unspecified atom stereocenters. The Balaban J connectivity index is 1.29. The summed E-state index contributed by atoms with van der Waals surface area (Å²) in [4.78, 5) is 0. The normalized spacial score (nSPS) is 12.0. The summed E-state index contributed by atoms with van der Waals surface area (Å²) in [6.07, 6.45) is -9.32. The Morgan fingerprint density at radius 2 is 0.700 bits per heavy atom. The van der Waals surface area contributed by atoms with Crippen LogP contribution in [-0.4, -0.2) is 13.2 Å². The zero-order chi connectivity index (χ0) is 37.1. The van der Waals surface area contributed by atoms with Crippen LogP contribution >= 0.6 is 0 Å². The maximum atomic E-state index is 14.5. The molecule has 4 aromatic carbocycles. The number of hydrogen-bond acceptors (Lipinski definition) is 4. The molecular weight excluding hydrogens is 714 g/mol. The molecular formula is C32H20F14O4. The first-order valence-corrected chi connectivity index (χ1v) is 14.0. The minimum Gasteiger partial charge on any atom is -0.493 e. The number of alkyl halides is 4. The van der Waals surface area contributed by atoms with Gasteiger partial charge in [-0.2, -0.15) is 17.6 Å². The van der Waals surface area contributed by atoms with Crippen LogP contribution in [0.2, 0.25) is 0 Å². The molecule has 0 saturated carbocycles. The molecule has 0 aliphatic heterocycles. The standard InChI is InChI=1S/C32H20F14O4/c1-14(2-4-47-15-6-19(33)27(20(34)7-15)31(43,44)49-17-10-23(37)29(41)24(38)11-17)3-5-48-16-8-21(35)28(22(36)9-16)32(45,46)50-18-12-25(39)30(42)26(40)13-18/h6-14H,2-5H2,1H3. The van der Waals surface area contributed by atoms with Crippen LogP contribution in [0.1, 0.15) is 30.9 Å². The van der Waals surface area contributed by atoms with E-state index in [9.17, 15) is 61.5 Å². The van der Waals surface area contributed by atoms with Gasteiger partial charge in [-0.05, 0) is 18.8 Å². The second kappa shape index (κ2) is 14.9. The van der Waals surface area contributed by atoms with Crippen molar-refractivity contribution >= 4 is 0 Å². The van der Waals surface area contributed by atoms with Gasteiger partial charge in [-0.1, -0.05) is 6.92 Å². The van der Waals surface area contributed by atoms with Crippen molar-refractivity contribution < 1.29 is 80.4 Å². The zero-order valence-electron chi connectivity index (χ0n) is 24.9. The van der Waals surface area contributed by atoms with Gasteiger partial charge in [-0.25, -0.2) is 43.9 Å². The van der Waals surface area contributed by atoms with Gasteiger partial charge < -0.3 is 18.9 Å². The monoisotopic (exact) mass is 734 g/mol. The van der Waals surface area contributed by atoms with Crippen molar-refractivity contribution in [3.05, 3.63) is 118 Å². The molecule has 0 saturated heterocycles. The molecule has 0 spiro atoms. The van der Waals surface area contributed by atoms with E-state index in [1.54, 1.807) is 6.92 Å². The molecule has 0 fully saturated rings. The Bertz CT molecular complexity index is 1640. The summed E-state index contributed by atoms with van der Waals surface area (Å²) in [5.74, 6) is -22.9. The third-order valence-corrected chi connectivity index (χ3v) is 6.78. The highest BCUT2D eigenvalue weighted by Gasteiger charge is 2.43. The molecule has 4 rings (SSSR count). The quantitative estimate of drug-likeness (QED) is 0.0955. The molecule has 0 aliphatic rings. The van der Waals surface area contributed by atoms with Gasteiger partial charge in [0.25, 0.3) is 0 Å². The highest BCUT2D eigenvalue weighted by molar-refractivity contribution is 5.35. The van der Waals surface area contributed by atoms with Gasteiger partial charge in [-0.3, -0.25) is 0 Å². The number of benzene rings is 4. The number of hydrogen-bond donors (Lipinski definition) is 0. The van der Waals surface area contributed by atoms with Crippen molar-refractivity contribution in [1.82, 2.24) is 0 Å². The smallest absolute Gasteiger partial charge is 0.432 e. The maximum Gasteiger partial charge on any atom is 0.432 e. The predicted octanol–water partition coefficient (Wildman–Crippen LogP) is 10.2. The average molecular weight is 734 g/mol. The van der Waals surface area contributed by atoms with E-state index >= 15 is 0 Å². The molecule has 0 bridgehead atoms. The Labute approximate surface area is 272 Å². The first kappa shape index (κ1) is 37.9. The first-order chi connectivity index (χ1) is 23.3. The fraction of sp³-hybridized carbons (Fsp3) is 0.250. The summed E-state index contributed by atoms with van der Waals surface area (Å²) in [6.45, 7) is 1.14. The highest BCUT2D eigenvalue weighted by Crippen LogP contribution is 2.39. The molecule has 0 radical (unpaired) electrons. The van der Waals surface area contributed by atoms with Crippen molar-refractivity contribution in [2.45, 2.75) is 32.0 Å². The molecule has 18 heteroatoms. The SMILES string of the molecule is CC(CCOc1cc(F)c(C(F)(F)Oc2cc(F)c(F)c(F)c2)c(F)c1)CCOc1cc(F)c(C(F)(F)Oc2cc(F)c(F)c(F)c2)c(F)c1. The van der Waals surface area contributed by atoms with E-state index in [4.69, 9.17) is 9.47 Å². The second-order valence-electron chi connectivity index (χ2n) is 10.5. The lowest BCUT2D eigenvalue weighted by Gasteiger charge is -2.20. The van der Waals surface area contributed by atoms with Gasteiger partial charge in [0.15, 0.2) is 34.9 Å². The summed E-state index contributed by atoms with van der Waals surface area (Å²) in [5.41, 5.74) is -3.87. The van der Waals surface area contributed by atoms with E-state index in [1.165, 1.54) is 0 Å². The van der Waals surface area contributed by atoms with Gasteiger partial charge in [0, 0.05) is 48.5 Å². The lowest BCUT2D eigenvalue weighted by molar-refractivity contribution is -0.190. The lowest BCUT2D eigenvalue weighted by atomic mass is 10.1. The summed E-state index contributed by atoms with van der Waals surface area (Å²) in [7, 11) is 0. The Morgan fingerprint density at radius 3 is 0.980 bits per heavy atom. The van der Waals surface area contributed by atoms with Gasteiger partial charge in [0.05, 0.1) is 13.2 Å². The average Bonchev–Trinajstić information content (AvgIpc) is 2.97. The van der Waals surface area contributed by atoms with E-state index in [2.05, 4.69) is 9.47 Å². The molecule has 270 valence electrons. The zero-order valence-corrected chi connectivity index (χ0v) is 24.9. The van der Waals surface area contributed by atoms with Crippen molar-refractivity contribution in [2.24, 2.45) is 5.92 Å². The lowest BCUT2D eigenvalue weighted by Crippen LogP contribution is -2.25. The molecule has 0 amide bonds. The maximum absolute atomic E-state index is 14.5. The number of halogens is 14. The highest BCUT2D eigenvalue weighted by atomic mass is 19.3. The first-order valence-electron chi connectivity index (χ1n) is 14.0. The van der Waals surface area contributed by atoms with Crippen LogP contribution in [0.15, 0.2) is 48.5 Å². The van der Waals surface area contributed by atoms with E-state index < -0.39 is 105 Å². The van der Waals surface area contributed by atoms with Gasteiger partial charge in [0.2, 0.25) is 0 Å². The molecule has 0 atom stereocenters. The third kappa shape index (κ3) is 8.81. The summed E-state index contributed by atoms with van der Waals surface area (Å²) in [6, 6.07) is 1.71. The number of ether oxygens (including phenoxy) is 4. The largest absolute Gasteiger partial charge is 0.493 e. The van der Waals surface area contributed by atoms with Crippen LogP contribution in [0, 0.1) is 64.1 Å². The van der Waals surface area contributed by atoms with Crippen molar-refractivity contribution in [3.8, 4) is 23.0 Å². The van der Waals surface area contributed by atoms with E-state index in [0.29, 0.717) is 24.3 Å². The molecule has 0 aromatic heterocycles. The predicted molar refractivity (Wildman–Crippen MR) is 144 cm³/mol. The van der Waals surface area contributed by atoms with Gasteiger partial charge in [0.1, 0.15) is 57.4 Å². The van der Waals surface area contributed by atoms with Crippen LogP contribution in [0.4, 0.5) is 61.5 Å². The molecule has 4 aromatic rings. The van der Waals surface area contributed by atoms with Crippen LogP contribution in [0.5, 0.6) is 23.0 Å². The second-order valence-corrected chi connectivity index (χ2v) is 10.5. The van der Waals surface area contributed by atoms with Crippen LogP contribution in [-0.2, 0) is 12.2 Å². The van der Waals surface area contributed by atoms with E-state index in [-0.39, 0.29) is 56.2 Å². The topological polar surface area (TPSA) is 36.9 Å². The fourth-order valence-corrected chi connectivity index (χ4v) is 4.30. The van der Waals surface area contributed by atoms with Crippen molar-refractivity contribution in [1.29, 1.82) is 0 Å². The van der Waals surface area contributed by atoms with Crippen LogP contribution in [0.25, 0.3) is 0 Å². The summed E-state index contributed by atoms with van der Waals surface area (Å²) < 4.78 is 214. The molecule has 0 aliphatic carbocycles. The van der Waals surface area contributed by atoms with E-state index in [0.717, 1.165) is 0 Å². The van der Waals surface area contributed by atoms with Crippen molar-refractivity contribution in [3.63, 3.8) is 0 Å². The molecule has 50 heavy (non-hydrogen) atoms. The molecule has 0 heterocycles. The van der Waals surface area contributed by atoms with Crippen molar-refractivity contribution in [2.75, 3.05) is 13.2 Å². The minimum atomic E-state index is -4.80. The van der Waals surface area contributed by atoms with Crippen LogP contribution in [0.3, 0.4) is 0 Å². The Kier molecular flexibility index (Phi) is 11.3. The summed E-state index contributed by atoms with van der Waals surface area (Å²) in [5, 5.41) is 0. The van der Waals surface area contributed by atoms with Crippen LogP contribution < -0.4 is 18.9 Å². The minimum absolute atomic E-state index is 0.0459. The van der Waals surface area contributed by atoms with Gasteiger partial charge in [-0.15, -0.1) is 0 Å². The Hall–Kier alpha value is -4.90. The van der Waals surface area contributed by atoms with E-state index in [1.807, 2.05) is 0 Å².